The Morgan fingerprint density at radius 1 is 1.36 bits per heavy atom. The van der Waals surface area contributed by atoms with Gasteiger partial charge in [0.25, 0.3) is 0 Å². The number of rotatable bonds is 5. The van der Waals surface area contributed by atoms with E-state index in [1.807, 2.05) is 30.3 Å². The monoisotopic (exact) mass is 299 g/mol. The molecule has 0 saturated carbocycles. The van der Waals surface area contributed by atoms with Crippen molar-refractivity contribution in [1.82, 2.24) is 15.2 Å². The van der Waals surface area contributed by atoms with E-state index in [1.54, 1.807) is 12.5 Å². The molecule has 116 valence electrons. The zero-order chi connectivity index (χ0) is 15.2. The number of nitrogens with one attached hydrogen (secondary N) is 1. The van der Waals surface area contributed by atoms with Crippen molar-refractivity contribution in [1.29, 1.82) is 0 Å². The maximum Gasteiger partial charge on any atom is 0.224 e. The van der Waals surface area contributed by atoms with Gasteiger partial charge in [-0.1, -0.05) is 6.07 Å². The zero-order valence-electron chi connectivity index (χ0n) is 12.6. The Labute approximate surface area is 130 Å². The highest BCUT2D eigenvalue weighted by Gasteiger charge is 2.26. The third-order valence-electron chi connectivity index (χ3n) is 4.01. The summed E-state index contributed by atoms with van der Waals surface area (Å²) in [7, 11) is 0. The largest absolute Gasteiger partial charge is 0.468 e. The molecule has 0 aliphatic carbocycles. The fourth-order valence-corrected chi connectivity index (χ4v) is 2.86. The minimum atomic E-state index is 0.0485. The first-order valence-electron chi connectivity index (χ1n) is 7.73. The van der Waals surface area contributed by atoms with E-state index >= 15 is 0 Å². The summed E-state index contributed by atoms with van der Waals surface area (Å²) in [4.78, 5) is 18.8. The lowest BCUT2D eigenvalue weighted by atomic mass is 9.97. The molecule has 2 aromatic rings. The fraction of sp³-hybridized carbons (Fsp3) is 0.412. The molecule has 2 aromatic heterocycles. The minimum absolute atomic E-state index is 0.0485. The second-order valence-corrected chi connectivity index (χ2v) is 5.69. The first kappa shape index (κ1) is 14.8. The lowest BCUT2D eigenvalue weighted by Crippen LogP contribution is -2.42. The molecule has 0 bridgehead atoms. The van der Waals surface area contributed by atoms with Gasteiger partial charge in [-0.15, -0.1) is 0 Å². The Morgan fingerprint density at radius 2 is 2.32 bits per heavy atom. The number of hydrogen-bond acceptors (Lipinski definition) is 4. The predicted octanol–water partition coefficient (Wildman–Crippen LogP) is 2.20. The standard InChI is InChI=1S/C17H21N3O2/c21-17(19-11-15-6-1-2-8-18-15)14-5-3-9-20(12-14)13-16-7-4-10-22-16/h1-2,4,6-8,10,14H,3,5,9,11-13H2,(H,19,21). The molecular formula is C17H21N3O2. The van der Waals surface area contributed by atoms with Gasteiger partial charge in [0.15, 0.2) is 0 Å². The van der Waals surface area contributed by atoms with Gasteiger partial charge in [0, 0.05) is 12.7 Å². The number of aromatic nitrogens is 1. The zero-order valence-corrected chi connectivity index (χ0v) is 12.6. The number of carbonyl (C=O) groups excluding carboxylic acids is 1. The van der Waals surface area contributed by atoms with Crippen LogP contribution in [0.15, 0.2) is 47.2 Å². The van der Waals surface area contributed by atoms with E-state index < -0.39 is 0 Å². The van der Waals surface area contributed by atoms with Crippen molar-refractivity contribution >= 4 is 5.91 Å². The number of amides is 1. The lowest BCUT2D eigenvalue weighted by Gasteiger charge is -2.31. The van der Waals surface area contributed by atoms with Crippen LogP contribution in [0.5, 0.6) is 0 Å². The van der Waals surface area contributed by atoms with Crippen LogP contribution in [0.3, 0.4) is 0 Å². The highest BCUT2D eigenvalue weighted by atomic mass is 16.3. The Bertz CT molecular complexity index is 583. The molecule has 1 atom stereocenters. The molecule has 0 spiro atoms. The van der Waals surface area contributed by atoms with Gasteiger partial charge in [-0.3, -0.25) is 14.7 Å². The summed E-state index contributed by atoms with van der Waals surface area (Å²) in [6, 6.07) is 9.60. The second-order valence-electron chi connectivity index (χ2n) is 5.69. The molecule has 22 heavy (non-hydrogen) atoms. The van der Waals surface area contributed by atoms with Crippen LogP contribution in [-0.2, 0) is 17.9 Å². The van der Waals surface area contributed by atoms with Crippen molar-refractivity contribution < 1.29 is 9.21 Å². The van der Waals surface area contributed by atoms with Crippen LogP contribution >= 0.6 is 0 Å². The van der Waals surface area contributed by atoms with Gasteiger partial charge in [0.2, 0.25) is 5.91 Å². The van der Waals surface area contributed by atoms with Crippen molar-refractivity contribution in [2.45, 2.75) is 25.9 Å². The Balaban J connectivity index is 1.49. The molecule has 0 radical (unpaired) electrons. The summed E-state index contributed by atoms with van der Waals surface area (Å²) in [5.41, 5.74) is 0.888. The van der Waals surface area contributed by atoms with Crippen molar-refractivity contribution in [3.63, 3.8) is 0 Å². The third kappa shape index (κ3) is 3.95. The first-order chi connectivity index (χ1) is 10.8. The molecule has 1 fully saturated rings. The van der Waals surface area contributed by atoms with E-state index in [-0.39, 0.29) is 11.8 Å². The molecule has 1 unspecified atom stereocenters. The first-order valence-corrected chi connectivity index (χ1v) is 7.73. The quantitative estimate of drug-likeness (QED) is 0.919. The smallest absolute Gasteiger partial charge is 0.224 e. The highest BCUT2D eigenvalue weighted by molar-refractivity contribution is 5.78. The van der Waals surface area contributed by atoms with Crippen molar-refractivity contribution in [2.24, 2.45) is 5.92 Å². The molecule has 5 nitrogen and oxygen atoms in total. The summed E-state index contributed by atoms with van der Waals surface area (Å²) in [6.45, 7) is 3.07. The van der Waals surface area contributed by atoms with Crippen LogP contribution in [-0.4, -0.2) is 28.9 Å². The molecule has 3 rings (SSSR count). The Kier molecular flexibility index (Phi) is 4.85. The SMILES string of the molecule is O=C(NCc1ccccn1)C1CCCN(Cc2ccco2)C1. The predicted molar refractivity (Wildman–Crippen MR) is 82.8 cm³/mol. The van der Waals surface area contributed by atoms with Crippen molar-refractivity contribution in [2.75, 3.05) is 13.1 Å². The van der Waals surface area contributed by atoms with Gasteiger partial charge in [0.1, 0.15) is 5.76 Å². The number of pyridine rings is 1. The molecular weight excluding hydrogens is 278 g/mol. The second kappa shape index (κ2) is 7.22. The van der Waals surface area contributed by atoms with Gasteiger partial charge in [-0.2, -0.15) is 0 Å². The summed E-state index contributed by atoms with van der Waals surface area (Å²) >= 11 is 0. The fourth-order valence-electron chi connectivity index (χ4n) is 2.86. The maximum absolute atomic E-state index is 12.3. The molecule has 1 aliphatic rings. The molecule has 0 aromatic carbocycles. The molecule has 1 amide bonds. The summed E-state index contributed by atoms with van der Waals surface area (Å²) in [6.07, 6.45) is 5.43. The van der Waals surface area contributed by atoms with Gasteiger partial charge in [-0.25, -0.2) is 0 Å². The lowest BCUT2D eigenvalue weighted by molar-refractivity contribution is -0.127. The molecule has 1 N–H and O–H groups in total. The van der Waals surface area contributed by atoms with E-state index in [0.717, 1.165) is 43.9 Å². The van der Waals surface area contributed by atoms with Crippen LogP contribution in [0.2, 0.25) is 0 Å². The van der Waals surface area contributed by atoms with Crippen LogP contribution in [0.25, 0.3) is 0 Å². The normalized spacial score (nSPS) is 19.0. The molecule has 1 aliphatic heterocycles. The van der Waals surface area contributed by atoms with Crippen LogP contribution in [0.4, 0.5) is 0 Å². The molecule has 5 heteroatoms. The number of likely N-dealkylation sites (tertiary alicyclic amines) is 1. The van der Waals surface area contributed by atoms with Crippen LogP contribution in [0, 0.1) is 5.92 Å². The summed E-state index contributed by atoms with van der Waals surface area (Å²) < 4.78 is 5.39. The number of nitrogens with zero attached hydrogens (tertiary/aromatic N) is 2. The van der Waals surface area contributed by atoms with Gasteiger partial charge < -0.3 is 9.73 Å². The average Bonchev–Trinajstić information content (AvgIpc) is 3.07. The summed E-state index contributed by atoms with van der Waals surface area (Å²) in [5, 5.41) is 3.00. The number of hydrogen-bond donors (Lipinski definition) is 1. The van der Waals surface area contributed by atoms with Gasteiger partial charge in [-0.05, 0) is 43.7 Å². The Hall–Kier alpha value is -2.14. The third-order valence-corrected chi connectivity index (χ3v) is 4.01. The number of carbonyl (C=O) groups is 1. The van der Waals surface area contributed by atoms with E-state index in [2.05, 4.69) is 15.2 Å². The summed E-state index contributed by atoms with van der Waals surface area (Å²) in [5.74, 6) is 1.12. The Morgan fingerprint density at radius 3 is 3.09 bits per heavy atom. The van der Waals surface area contributed by atoms with Crippen molar-refractivity contribution in [3.05, 3.63) is 54.2 Å². The number of piperidine rings is 1. The van der Waals surface area contributed by atoms with Gasteiger partial charge in [0.05, 0.1) is 31.0 Å². The highest BCUT2D eigenvalue weighted by Crippen LogP contribution is 2.19. The van der Waals surface area contributed by atoms with Crippen LogP contribution < -0.4 is 5.32 Å². The molecule has 3 heterocycles. The van der Waals surface area contributed by atoms with Crippen LogP contribution in [0.1, 0.15) is 24.3 Å². The van der Waals surface area contributed by atoms with E-state index in [4.69, 9.17) is 4.42 Å². The van der Waals surface area contributed by atoms with E-state index in [9.17, 15) is 4.79 Å². The minimum Gasteiger partial charge on any atom is -0.468 e. The average molecular weight is 299 g/mol. The topological polar surface area (TPSA) is 58.4 Å². The maximum atomic E-state index is 12.3. The van der Waals surface area contributed by atoms with Crippen molar-refractivity contribution in [3.8, 4) is 0 Å². The van der Waals surface area contributed by atoms with E-state index in [1.165, 1.54) is 0 Å². The van der Waals surface area contributed by atoms with Gasteiger partial charge >= 0.3 is 0 Å². The van der Waals surface area contributed by atoms with E-state index in [0.29, 0.717) is 6.54 Å². The number of furan rings is 1. The molecule has 1 saturated heterocycles.